The quantitative estimate of drug-likeness (QED) is 0.757. The van der Waals surface area contributed by atoms with E-state index in [0.29, 0.717) is 6.42 Å². The molecule has 0 saturated carbocycles. The number of rotatable bonds is 3. The summed E-state index contributed by atoms with van der Waals surface area (Å²) in [6.45, 7) is 4.17. The highest BCUT2D eigenvalue weighted by Gasteiger charge is 2.06. The van der Waals surface area contributed by atoms with Crippen molar-refractivity contribution < 1.29 is 4.79 Å². The van der Waals surface area contributed by atoms with Crippen molar-refractivity contribution in [2.45, 2.75) is 20.3 Å². The van der Waals surface area contributed by atoms with Gasteiger partial charge in [-0.2, -0.15) is 0 Å². The van der Waals surface area contributed by atoms with Gasteiger partial charge in [0.2, 0.25) is 0 Å². The third kappa shape index (κ3) is 2.39. The smallest absolute Gasteiger partial charge is 0.150 e. The summed E-state index contributed by atoms with van der Waals surface area (Å²) in [6, 6.07) is 6.04. The predicted molar refractivity (Wildman–Crippen MR) is 53.7 cm³/mol. The molecule has 1 aromatic rings. The molecule has 13 heavy (non-hydrogen) atoms. The van der Waals surface area contributed by atoms with Crippen LogP contribution in [0.25, 0.3) is 0 Å². The van der Waals surface area contributed by atoms with Gasteiger partial charge in [0.25, 0.3) is 0 Å². The first-order valence-electron chi connectivity index (χ1n) is 4.42. The van der Waals surface area contributed by atoms with Gasteiger partial charge in [0.05, 0.1) is 6.54 Å². The Balaban J connectivity index is 2.93. The fourth-order valence-corrected chi connectivity index (χ4v) is 1.40. The minimum absolute atomic E-state index is 0.0948. The summed E-state index contributed by atoms with van der Waals surface area (Å²) in [5.41, 5.74) is 8.73. The van der Waals surface area contributed by atoms with Crippen molar-refractivity contribution in [3.63, 3.8) is 0 Å². The van der Waals surface area contributed by atoms with Crippen LogP contribution < -0.4 is 5.73 Å². The Kier molecular flexibility index (Phi) is 3.20. The van der Waals surface area contributed by atoms with Crippen molar-refractivity contribution in [1.29, 1.82) is 0 Å². The van der Waals surface area contributed by atoms with E-state index in [1.807, 2.05) is 32.0 Å². The highest BCUT2D eigenvalue weighted by molar-refractivity contribution is 5.83. The van der Waals surface area contributed by atoms with Gasteiger partial charge in [-0.05, 0) is 30.5 Å². The number of aryl methyl sites for hydroxylation is 2. The molecule has 2 N–H and O–H groups in total. The van der Waals surface area contributed by atoms with E-state index in [4.69, 9.17) is 5.73 Å². The molecule has 1 rings (SSSR count). The fourth-order valence-electron chi connectivity index (χ4n) is 1.40. The second-order valence-electron chi connectivity index (χ2n) is 3.29. The zero-order valence-corrected chi connectivity index (χ0v) is 8.13. The molecule has 0 amide bonds. The lowest BCUT2D eigenvalue weighted by Gasteiger charge is -2.07. The standard InChI is InChI=1S/C11H15NO/c1-8-4-3-5-9(2)11(8)6-10(13)7-12/h3-5H,6-7,12H2,1-2H3. The molecule has 0 heterocycles. The number of hydrogen-bond donors (Lipinski definition) is 1. The highest BCUT2D eigenvalue weighted by Crippen LogP contribution is 2.13. The lowest BCUT2D eigenvalue weighted by atomic mass is 9.98. The second kappa shape index (κ2) is 4.19. The molecule has 0 spiro atoms. The summed E-state index contributed by atoms with van der Waals surface area (Å²) in [7, 11) is 0. The van der Waals surface area contributed by atoms with E-state index in [2.05, 4.69) is 0 Å². The van der Waals surface area contributed by atoms with Gasteiger partial charge >= 0.3 is 0 Å². The van der Waals surface area contributed by atoms with Gasteiger partial charge in [0.1, 0.15) is 0 Å². The first-order valence-corrected chi connectivity index (χ1v) is 4.42. The van der Waals surface area contributed by atoms with Crippen molar-refractivity contribution in [2.75, 3.05) is 6.54 Å². The first-order chi connectivity index (χ1) is 6.15. The normalized spacial score (nSPS) is 10.1. The van der Waals surface area contributed by atoms with Crippen molar-refractivity contribution in [1.82, 2.24) is 0 Å². The third-order valence-electron chi connectivity index (χ3n) is 2.25. The van der Waals surface area contributed by atoms with E-state index in [0.717, 1.165) is 5.56 Å². The van der Waals surface area contributed by atoms with Crippen LogP contribution >= 0.6 is 0 Å². The Morgan fingerprint density at radius 3 is 2.31 bits per heavy atom. The molecular formula is C11H15NO. The van der Waals surface area contributed by atoms with E-state index in [1.165, 1.54) is 11.1 Å². The third-order valence-corrected chi connectivity index (χ3v) is 2.25. The number of nitrogens with two attached hydrogens (primary N) is 1. The van der Waals surface area contributed by atoms with Crippen molar-refractivity contribution in [3.8, 4) is 0 Å². The molecule has 0 aliphatic heterocycles. The Bertz CT molecular complexity index is 298. The monoisotopic (exact) mass is 177 g/mol. The molecule has 2 nitrogen and oxygen atoms in total. The number of Topliss-reactive ketones (excluding diaryl/α,β-unsaturated/α-hetero) is 1. The van der Waals surface area contributed by atoms with Crippen LogP contribution in [0, 0.1) is 13.8 Å². The maximum atomic E-state index is 11.2. The van der Waals surface area contributed by atoms with Gasteiger partial charge in [-0.3, -0.25) is 4.79 Å². The van der Waals surface area contributed by atoms with Crippen molar-refractivity contribution >= 4 is 5.78 Å². The van der Waals surface area contributed by atoms with Crippen LogP contribution in [-0.4, -0.2) is 12.3 Å². The molecule has 0 radical (unpaired) electrons. The van der Waals surface area contributed by atoms with Gasteiger partial charge in [0.15, 0.2) is 5.78 Å². The molecule has 0 unspecified atom stereocenters. The van der Waals surface area contributed by atoms with Gasteiger partial charge in [-0.15, -0.1) is 0 Å². The average molecular weight is 177 g/mol. The van der Waals surface area contributed by atoms with E-state index < -0.39 is 0 Å². The van der Waals surface area contributed by atoms with E-state index in [9.17, 15) is 4.79 Å². The molecule has 0 saturated heterocycles. The lowest BCUT2D eigenvalue weighted by Crippen LogP contribution is -2.16. The molecule has 0 aromatic heterocycles. The summed E-state index contributed by atoms with van der Waals surface area (Å²) in [4.78, 5) is 11.2. The number of carbonyl (C=O) groups excluding carboxylic acids is 1. The van der Waals surface area contributed by atoms with Crippen LogP contribution in [0.3, 0.4) is 0 Å². The van der Waals surface area contributed by atoms with Crippen LogP contribution in [-0.2, 0) is 11.2 Å². The fraction of sp³-hybridized carbons (Fsp3) is 0.364. The molecule has 0 atom stereocenters. The molecule has 0 bridgehead atoms. The Morgan fingerprint density at radius 1 is 1.31 bits per heavy atom. The second-order valence-corrected chi connectivity index (χ2v) is 3.29. The number of benzene rings is 1. The number of hydrogen-bond acceptors (Lipinski definition) is 2. The predicted octanol–water partition coefficient (Wildman–Crippen LogP) is 1.37. The molecule has 70 valence electrons. The van der Waals surface area contributed by atoms with Gasteiger partial charge < -0.3 is 5.73 Å². The summed E-state index contributed by atoms with van der Waals surface area (Å²) >= 11 is 0. The van der Waals surface area contributed by atoms with E-state index >= 15 is 0 Å². The molecule has 2 heteroatoms. The van der Waals surface area contributed by atoms with Gasteiger partial charge in [-0.25, -0.2) is 0 Å². The van der Waals surface area contributed by atoms with Crippen molar-refractivity contribution in [2.24, 2.45) is 5.73 Å². The van der Waals surface area contributed by atoms with Crippen LogP contribution in [0.4, 0.5) is 0 Å². The minimum atomic E-state index is 0.0948. The Labute approximate surface area is 78.8 Å². The Morgan fingerprint density at radius 2 is 1.85 bits per heavy atom. The van der Waals surface area contributed by atoms with Crippen LogP contribution in [0.2, 0.25) is 0 Å². The molecule has 0 aliphatic carbocycles. The zero-order chi connectivity index (χ0) is 9.84. The largest absolute Gasteiger partial charge is 0.324 e. The minimum Gasteiger partial charge on any atom is -0.324 e. The molecule has 0 fully saturated rings. The van der Waals surface area contributed by atoms with E-state index in [1.54, 1.807) is 0 Å². The highest BCUT2D eigenvalue weighted by atomic mass is 16.1. The molecule has 0 aliphatic rings. The maximum Gasteiger partial charge on any atom is 0.150 e. The summed E-state index contributed by atoms with van der Waals surface area (Å²) in [5, 5.41) is 0. The molecular weight excluding hydrogens is 162 g/mol. The summed E-state index contributed by atoms with van der Waals surface area (Å²) in [5.74, 6) is 0.0948. The van der Waals surface area contributed by atoms with Crippen LogP contribution in [0.1, 0.15) is 16.7 Å². The van der Waals surface area contributed by atoms with Crippen LogP contribution in [0.5, 0.6) is 0 Å². The Hall–Kier alpha value is -1.15. The number of carbonyl (C=O) groups is 1. The SMILES string of the molecule is Cc1cccc(C)c1CC(=O)CN. The average Bonchev–Trinajstić information content (AvgIpc) is 2.11. The topological polar surface area (TPSA) is 43.1 Å². The summed E-state index contributed by atoms with van der Waals surface area (Å²) in [6.07, 6.45) is 0.467. The molecule has 1 aromatic carbocycles. The zero-order valence-electron chi connectivity index (χ0n) is 8.13. The van der Waals surface area contributed by atoms with Gasteiger partial charge in [0, 0.05) is 6.42 Å². The maximum absolute atomic E-state index is 11.2. The van der Waals surface area contributed by atoms with Crippen LogP contribution in [0.15, 0.2) is 18.2 Å². The number of ketones is 1. The lowest BCUT2D eigenvalue weighted by molar-refractivity contribution is -0.117. The van der Waals surface area contributed by atoms with Gasteiger partial charge in [-0.1, -0.05) is 18.2 Å². The summed E-state index contributed by atoms with van der Waals surface area (Å²) < 4.78 is 0. The van der Waals surface area contributed by atoms with E-state index in [-0.39, 0.29) is 12.3 Å². The van der Waals surface area contributed by atoms with Crippen molar-refractivity contribution in [3.05, 3.63) is 34.9 Å². The first kappa shape index (κ1) is 9.93.